The molecule has 1 aromatic heterocycles. The van der Waals surface area contributed by atoms with Crippen molar-refractivity contribution in [2.24, 2.45) is 0 Å². The molecule has 0 fully saturated rings. The van der Waals surface area contributed by atoms with Gasteiger partial charge in [0.2, 0.25) is 0 Å². The number of carbonyl (C=O) groups is 2. The molecule has 21 heavy (non-hydrogen) atoms. The number of fused-ring (bicyclic) bond motifs is 1. The van der Waals surface area contributed by atoms with Crippen molar-refractivity contribution < 1.29 is 19.4 Å². The molecule has 2 N–H and O–H groups in total. The van der Waals surface area contributed by atoms with Crippen LogP contribution in [0.5, 0.6) is 0 Å². The molecule has 0 radical (unpaired) electrons. The van der Waals surface area contributed by atoms with E-state index in [1.165, 1.54) is 12.1 Å². The number of benzene rings is 1. The number of hydrogen-bond donors (Lipinski definition) is 2. The van der Waals surface area contributed by atoms with Gasteiger partial charge in [0, 0.05) is 5.69 Å². The zero-order valence-electron chi connectivity index (χ0n) is 11.7. The lowest BCUT2D eigenvalue weighted by molar-refractivity contribution is 0.0636. The van der Waals surface area contributed by atoms with Gasteiger partial charge < -0.3 is 9.84 Å². The van der Waals surface area contributed by atoms with E-state index in [2.05, 4.69) is 10.3 Å². The van der Waals surface area contributed by atoms with Crippen molar-refractivity contribution in [3.05, 3.63) is 23.5 Å². The van der Waals surface area contributed by atoms with Crippen LogP contribution in [0.3, 0.4) is 0 Å². The Labute approximate surface area is 125 Å². The molecule has 0 aliphatic rings. The van der Waals surface area contributed by atoms with Gasteiger partial charge >= 0.3 is 12.2 Å². The second-order valence-corrected chi connectivity index (χ2v) is 5.76. The van der Waals surface area contributed by atoms with Gasteiger partial charge in [0.1, 0.15) is 17.4 Å². The van der Waals surface area contributed by atoms with Crippen molar-refractivity contribution in [1.82, 2.24) is 9.55 Å². The van der Waals surface area contributed by atoms with Gasteiger partial charge in [-0.15, -0.1) is 0 Å². The van der Waals surface area contributed by atoms with Gasteiger partial charge in [0.05, 0.1) is 10.5 Å². The number of halogens is 1. The van der Waals surface area contributed by atoms with E-state index >= 15 is 0 Å². The SMILES string of the molecule is CC(C)(C)OC(=O)Nc1cc(Cl)c2ncn(C(=O)O)c2c1. The number of anilines is 1. The monoisotopic (exact) mass is 311 g/mol. The van der Waals surface area contributed by atoms with Crippen LogP contribution >= 0.6 is 11.6 Å². The van der Waals surface area contributed by atoms with E-state index in [0.29, 0.717) is 11.2 Å². The van der Waals surface area contributed by atoms with Crippen molar-refractivity contribution >= 4 is 40.5 Å². The number of amides is 1. The summed E-state index contributed by atoms with van der Waals surface area (Å²) in [6.45, 7) is 5.22. The fraction of sp³-hybridized carbons (Fsp3) is 0.308. The van der Waals surface area contributed by atoms with Gasteiger partial charge in [-0.1, -0.05) is 11.6 Å². The highest BCUT2D eigenvalue weighted by atomic mass is 35.5. The highest BCUT2D eigenvalue weighted by Crippen LogP contribution is 2.27. The molecule has 8 heteroatoms. The molecule has 0 aliphatic carbocycles. The van der Waals surface area contributed by atoms with Crippen molar-refractivity contribution in [3.8, 4) is 0 Å². The molecule has 0 atom stereocenters. The van der Waals surface area contributed by atoms with E-state index in [0.717, 1.165) is 10.9 Å². The second-order valence-electron chi connectivity index (χ2n) is 5.35. The van der Waals surface area contributed by atoms with Gasteiger partial charge in [-0.2, -0.15) is 0 Å². The first-order valence-corrected chi connectivity index (χ1v) is 6.45. The first-order valence-electron chi connectivity index (χ1n) is 6.07. The first-order chi connectivity index (χ1) is 9.67. The molecule has 1 aromatic carbocycles. The van der Waals surface area contributed by atoms with Crippen LogP contribution in [0.1, 0.15) is 20.8 Å². The summed E-state index contributed by atoms with van der Waals surface area (Å²) in [5, 5.41) is 11.8. The molecule has 0 saturated carbocycles. The van der Waals surface area contributed by atoms with Crippen LogP contribution in [-0.4, -0.2) is 32.4 Å². The highest BCUT2D eigenvalue weighted by molar-refractivity contribution is 6.35. The van der Waals surface area contributed by atoms with Crippen LogP contribution in [-0.2, 0) is 4.74 Å². The summed E-state index contributed by atoms with van der Waals surface area (Å²) < 4.78 is 6.04. The van der Waals surface area contributed by atoms with Gasteiger partial charge in [0.15, 0.2) is 0 Å². The van der Waals surface area contributed by atoms with Gasteiger partial charge in [-0.3, -0.25) is 5.32 Å². The second kappa shape index (κ2) is 5.25. The normalized spacial score (nSPS) is 11.4. The average molecular weight is 312 g/mol. The molecule has 2 rings (SSSR count). The summed E-state index contributed by atoms with van der Waals surface area (Å²) in [6.07, 6.45) is -0.696. The Hall–Kier alpha value is -2.28. The zero-order valence-corrected chi connectivity index (χ0v) is 12.4. The van der Waals surface area contributed by atoms with Gasteiger partial charge in [0.25, 0.3) is 0 Å². The molecular formula is C13H14ClN3O4. The van der Waals surface area contributed by atoms with Crippen molar-refractivity contribution in [3.63, 3.8) is 0 Å². The molecule has 0 spiro atoms. The smallest absolute Gasteiger partial charge is 0.417 e. The number of ether oxygens (including phenoxy) is 1. The maximum absolute atomic E-state index is 11.7. The third-order valence-corrected chi connectivity index (χ3v) is 2.74. The Morgan fingerprint density at radius 2 is 2.05 bits per heavy atom. The molecule has 2 aromatic rings. The minimum Gasteiger partial charge on any atom is -0.464 e. The maximum Gasteiger partial charge on any atom is 0.417 e. The van der Waals surface area contributed by atoms with Gasteiger partial charge in [-0.05, 0) is 32.9 Å². The number of hydrogen-bond acceptors (Lipinski definition) is 4. The number of carboxylic acid groups (broad SMARTS) is 1. The average Bonchev–Trinajstić information content (AvgIpc) is 2.70. The molecule has 112 valence electrons. The lowest BCUT2D eigenvalue weighted by atomic mass is 10.2. The fourth-order valence-corrected chi connectivity index (χ4v) is 1.98. The topological polar surface area (TPSA) is 93.5 Å². The molecule has 0 bridgehead atoms. The fourth-order valence-electron chi connectivity index (χ4n) is 1.72. The number of carbonyl (C=O) groups excluding carboxylic acids is 1. The molecule has 1 heterocycles. The summed E-state index contributed by atoms with van der Waals surface area (Å²) >= 11 is 6.04. The third kappa shape index (κ3) is 3.43. The quantitative estimate of drug-likeness (QED) is 0.839. The van der Waals surface area contributed by atoms with Crippen molar-refractivity contribution in [2.45, 2.75) is 26.4 Å². The summed E-state index contributed by atoms with van der Waals surface area (Å²) in [5.41, 5.74) is 0.306. The Morgan fingerprint density at radius 3 is 2.62 bits per heavy atom. The number of nitrogens with zero attached hydrogens (tertiary/aromatic N) is 2. The largest absolute Gasteiger partial charge is 0.464 e. The predicted molar refractivity (Wildman–Crippen MR) is 78.0 cm³/mol. The first kappa shape index (κ1) is 15.1. The summed E-state index contributed by atoms with van der Waals surface area (Å²) in [7, 11) is 0. The van der Waals surface area contributed by atoms with Crippen LogP contribution in [0.25, 0.3) is 11.0 Å². The van der Waals surface area contributed by atoms with E-state index < -0.39 is 17.8 Å². The van der Waals surface area contributed by atoms with E-state index in [-0.39, 0.29) is 10.5 Å². The van der Waals surface area contributed by atoms with Crippen LogP contribution < -0.4 is 5.32 Å². The third-order valence-electron chi connectivity index (χ3n) is 2.46. The number of rotatable bonds is 1. The Morgan fingerprint density at radius 1 is 1.38 bits per heavy atom. The highest BCUT2D eigenvalue weighted by Gasteiger charge is 2.18. The maximum atomic E-state index is 11.7. The predicted octanol–water partition coefficient (Wildman–Crippen LogP) is 3.56. The Kier molecular flexibility index (Phi) is 3.78. The standard InChI is InChI=1S/C13H14ClN3O4/c1-13(2,3)21-11(18)16-7-4-8(14)10-9(5-7)17(6-15-10)12(19)20/h4-6H,1-3H3,(H,16,18)(H,19,20). The molecular weight excluding hydrogens is 298 g/mol. The van der Waals surface area contributed by atoms with E-state index in [1.807, 2.05) is 0 Å². The minimum absolute atomic E-state index is 0.235. The van der Waals surface area contributed by atoms with Gasteiger partial charge in [-0.25, -0.2) is 19.1 Å². The number of aromatic nitrogens is 2. The number of nitrogens with one attached hydrogen (secondary N) is 1. The lowest BCUT2D eigenvalue weighted by Gasteiger charge is -2.19. The lowest BCUT2D eigenvalue weighted by Crippen LogP contribution is -2.27. The summed E-state index contributed by atoms with van der Waals surface area (Å²) in [4.78, 5) is 26.7. The van der Waals surface area contributed by atoms with Crippen LogP contribution in [0.4, 0.5) is 15.3 Å². The van der Waals surface area contributed by atoms with E-state index in [9.17, 15) is 9.59 Å². The summed E-state index contributed by atoms with van der Waals surface area (Å²) in [5.74, 6) is 0. The minimum atomic E-state index is -1.19. The molecule has 7 nitrogen and oxygen atoms in total. The number of imidazole rings is 1. The van der Waals surface area contributed by atoms with Crippen molar-refractivity contribution in [1.29, 1.82) is 0 Å². The Balaban J connectivity index is 2.35. The molecule has 0 unspecified atom stereocenters. The molecule has 0 aliphatic heterocycles. The molecule has 0 saturated heterocycles. The van der Waals surface area contributed by atoms with Crippen LogP contribution in [0.2, 0.25) is 5.02 Å². The van der Waals surface area contributed by atoms with Crippen LogP contribution in [0.15, 0.2) is 18.5 Å². The zero-order chi connectivity index (χ0) is 15.8. The van der Waals surface area contributed by atoms with E-state index in [4.69, 9.17) is 21.4 Å². The van der Waals surface area contributed by atoms with Crippen LogP contribution in [0, 0.1) is 0 Å². The molecule has 1 amide bonds. The Bertz CT molecular complexity index is 718. The van der Waals surface area contributed by atoms with E-state index in [1.54, 1.807) is 20.8 Å². The summed E-state index contributed by atoms with van der Waals surface area (Å²) in [6, 6.07) is 2.94. The van der Waals surface area contributed by atoms with Crippen molar-refractivity contribution in [2.75, 3.05) is 5.32 Å².